The van der Waals surface area contributed by atoms with E-state index in [9.17, 15) is 19.5 Å². The average Bonchev–Trinajstić information content (AvgIpc) is 2.45. The fourth-order valence-electron chi connectivity index (χ4n) is 2.90. The number of esters is 2. The van der Waals surface area contributed by atoms with Gasteiger partial charge in [0.05, 0.1) is 6.61 Å². The van der Waals surface area contributed by atoms with Crippen molar-refractivity contribution in [3.8, 4) is 0 Å². The molecular formula is C17H25NO7. The summed E-state index contributed by atoms with van der Waals surface area (Å²) in [7, 11) is 0. The van der Waals surface area contributed by atoms with Gasteiger partial charge in [-0.15, -0.1) is 0 Å². The third-order valence-electron chi connectivity index (χ3n) is 4.10. The molecule has 0 aromatic carbocycles. The van der Waals surface area contributed by atoms with Crippen LogP contribution in [0.2, 0.25) is 0 Å². The number of carbonyl (C=O) groups excluding carboxylic acids is 3. The van der Waals surface area contributed by atoms with Crippen molar-refractivity contribution in [2.75, 3.05) is 19.7 Å². The molecule has 2 rings (SSSR count). The van der Waals surface area contributed by atoms with Crippen molar-refractivity contribution < 1.29 is 33.7 Å². The molecule has 2 heterocycles. The number of hydrogen-bond acceptors (Lipinski definition) is 7. The Morgan fingerprint density at radius 3 is 2.36 bits per heavy atom. The lowest BCUT2D eigenvalue weighted by Gasteiger charge is -2.42. The maximum atomic E-state index is 12.2. The zero-order valence-electron chi connectivity index (χ0n) is 15.1. The van der Waals surface area contributed by atoms with E-state index in [1.54, 1.807) is 32.6 Å². The van der Waals surface area contributed by atoms with E-state index >= 15 is 0 Å². The summed E-state index contributed by atoms with van der Waals surface area (Å²) in [6.45, 7) is 7.75. The second kappa shape index (κ2) is 6.93. The number of hydrogen-bond donors (Lipinski definition) is 1. The van der Waals surface area contributed by atoms with Gasteiger partial charge in [-0.2, -0.15) is 0 Å². The minimum atomic E-state index is -0.907. The van der Waals surface area contributed by atoms with Gasteiger partial charge < -0.3 is 24.2 Å². The monoisotopic (exact) mass is 355 g/mol. The largest absolute Gasteiger partial charge is 0.511 e. The summed E-state index contributed by atoms with van der Waals surface area (Å²) in [6.07, 6.45) is 0.335. The molecule has 2 aliphatic rings. The Bertz CT molecular complexity index is 595. The van der Waals surface area contributed by atoms with E-state index in [1.165, 1.54) is 0 Å². The fraction of sp³-hybridized carbons (Fsp3) is 0.706. The highest BCUT2D eigenvalue weighted by atomic mass is 16.6. The quantitative estimate of drug-likeness (QED) is 0.459. The zero-order chi connectivity index (χ0) is 18.8. The van der Waals surface area contributed by atoms with Crippen LogP contribution in [-0.2, 0) is 23.8 Å². The molecule has 8 heteroatoms. The standard InChI is InChI=1S/C17H25NO7/c1-5-23-13(20)12-11(19)10-17(24-14(12)21)6-8-18(9-7-17)15(22)25-16(2,3)4/h19H,5-10H2,1-4H3. The number of amides is 1. The van der Waals surface area contributed by atoms with Crippen molar-refractivity contribution in [2.24, 2.45) is 0 Å². The van der Waals surface area contributed by atoms with Crippen LogP contribution in [0.4, 0.5) is 4.79 Å². The molecule has 8 nitrogen and oxygen atoms in total. The summed E-state index contributed by atoms with van der Waals surface area (Å²) < 4.78 is 15.6. The summed E-state index contributed by atoms with van der Waals surface area (Å²) in [4.78, 5) is 37.6. The van der Waals surface area contributed by atoms with Crippen LogP contribution in [0, 0.1) is 0 Å². The van der Waals surface area contributed by atoms with Gasteiger partial charge in [0.15, 0.2) is 5.57 Å². The maximum Gasteiger partial charge on any atom is 0.410 e. The van der Waals surface area contributed by atoms with Gasteiger partial charge in [0.2, 0.25) is 0 Å². The summed E-state index contributed by atoms with van der Waals surface area (Å²) in [5.74, 6) is -2.08. The molecule has 1 spiro atoms. The van der Waals surface area contributed by atoms with Crippen LogP contribution in [0.15, 0.2) is 11.3 Å². The zero-order valence-corrected chi connectivity index (χ0v) is 15.1. The Labute approximate surface area is 146 Å². The first-order chi connectivity index (χ1) is 11.6. The van der Waals surface area contributed by atoms with Crippen molar-refractivity contribution in [1.29, 1.82) is 0 Å². The molecule has 1 amide bonds. The predicted molar refractivity (Wildman–Crippen MR) is 86.8 cm³/mol. The highest BCUT2D eigenvalue weighted by Crippen LogP contribution is 2.37. The van der Waals surface area contributed by atoms with E-state index in [-0.39, 0.29) is 18.8 Å². The molecular weight excluding hydrogens is 330 g/mol. The number of nitrogens with zero attached hydrogens (tertiary/aromatic N) is 1. The molecule has 0 saturated carbocycles. The molecule has 0 aromatic heterocycles. The normalized spacial score (nSPS) is 20.3. The Hall–Kier alpha value is -2.25. The fourth-order valence-corrected chi connectivity index (χ4v) is 2.90. The Morgan fingerprint density at radius 2 is 1.88 bits per heavy atom. The van der Waals surface area contributed by atoms with Crippen molar-refractivity contribution >= 4 is 18.0 Å². The average molecular weight is 355 g/mol. The summed E-state index contributed by atoms with van der Waals surface area (Å²) >= 11 is 0. The first-order valence-corrected chi connectivity index (χ1v) is 8.37. The van der Waals surface area contributed by atoms with Crippen molar-refractivity contribution in [3.63, 3.8) is 0 Å². The second-order valence-electron chi connectivity index (χ2n) is 7.26. The number of carbonyl (C=O) groups is 3. The van der Waals surface area contributed by atoms with Gasteiger partial charge in [-0.3, -0.25) is 0 Å². The number of likely N-dealkylation sites (tertiary alicyclic amines) is 1. The number of aliphatic hydroxyl groups excluding tert-OH is 1. The second-order valence-corrected chi connectivity index (χ2v) is 7.26. The minimum Gasteiger partial charge on any atom is -0.511 e. The van der Waals surface area contributed by atoms with E-state index < -0.39 is 34.8 Å². The molecule has 0 aliphatic carbocycles. The number of aliphatic hydroxyl groups is 1. The molecule has 0 atom stereocenters. The van der Waals surface area contributed by atoms with Crippen molar-refractivity contribution in [3.05, 3.63) is 11.3 Å². The molecule has 1 N–H and O–H groups in total. The smallest absolute Gasteiger partial charge is 0.410 e. The lowest BCUT2D eigenvalue weighted by Crippen LogP contribution is -2.52. The van der Waals surface area contributed by atoms with Gasteiger partial charge in [-0.25, -0.2) is 14.4 Å². The van der Waals surface area contributed by atoms with E-state index in [1.807, 2.05) is 0 Å². The van der Waals surface area contributed by atoms with Crippen LogP contribution in [0.5, 0.6) is 0 Å². The predicted octanol–water partition coefficient (Wildman–Crippen LogP) is 2.08. The van der Waals surface area contributed by atoms with Gasteiger partial charge >= 0.3 is 18.0 Å². The van der Waals surface area contributed by atoms with Gasteiger partial charge in [0, 0.05) is 32.4 Å². The summed E-state index contributed by atoms with van der Waals surface area (Å²) in [5, 5.41) is 10.2. The molecule has 0 bridgehead atoms. The Balaban J connectivity index is 2.04. The molecule has 2 aliphatic heterocycles. The number of ether oxygens (including phenoxy) is 3. The van der Waals surface area contributed by atoms with Crippen molar-refractivity contribution in [2.45, 2.75) is 58.2 Å². The number of piperidine rings is 1. The highest BCUT2D eigenvalue weighted by Gasteiger charge is 2.47. The van der Waals surface area contributed by atoms with Crippen LogP contribution in [-0.4, -0.2) is 58.9 Å². The lowest BCUT2D eigenvalue weighted by molar-refractivity contribution is -0.167. The Kier molecular flexibility index (Phi) is 5.29. The summed E-state index contributed by atoms with van der Waals surface area (Å²) in [5.41, 5.74) is -1.93. The Morgan fingerprint density at radius 1 is 1.28 bits per heavy atom. The van der Waals surface area contributed by atoms with Crippen LogP contribution in [0.3, 0.4) is 0 Å². The van der Waals surface area contributed by atoms with E-state index in [4.69, 9.17) is 14.2 Å². The molecule has 1 saturated heterocycles. The van der Waals surface area contributed by atoms with Crippen LogP contribution < -0.4 is 0 Å². The maximum absolute atomic E-state index is 12.2. The van der Waals surface area contributed by atoms with Crippen molar-refractivity contribution in [1.82, 2.24) is 4.90 Å². The van der Waals surface area contributed by atoms with Crippen LogP contribution >= 0.6 is 0 Å². The van der Waals surface area contributed by atoms with Gasteiger partial charge in [0.1, 0.15) is 17.0 Å². The number of rotatable bonds is 2. The van der Waals surface area contributed by atoms with E-state index in [0.29, 0.717) is 25.9 Å². The lowest BCUT2D eigenvalue weighted by atomic mass is 9.84. The third kappa shape index (κ3) is 4.43. The molecule has 140 valence electrons. The van der Waals surface area contributed by atoms with Crippen LogP contribution in [0.1, 0.15) is 47.0 Å². The third-order valence-corrected chi connectivity index (χ3v) is 4.10. The molecule has 0 aromatic rings. The molecule has 0 unspecified atom stereocenters. The van der Waals surface area contributed by atoms with Gasteiger partial charge in [-0.05, 0) is 27.7 Å². The molecule has 1 fully saturated rings. The van der Waals surface area contributed by atoms with E-state index in [0.717, 1.165) is 0 Å². The first kappa shape index (κ1) is 19.1. The van der Waals surface area contributed by atoms with E-state index in [2.05, 4.69) is 0 Å². The SMILES string of the molecule is CCOC(=O)C1=C(O)CC2(CCN(C(=O)OC(C)(C)C)CC2)OC1=O. The molecule has 0 radical (unpaired) electrons. The summed E-state index contributed by atoms with van der Waals surface area (Å²) in [6, 6.07) is 0. The highest BCUT2D eigenvalue weighted by molar-refractivity contribution is 6.15. The van der Waals surface area contributed by atoms with Gasteiger partial charge in [0.25, 0.3) is 0 Å². The van der Waals surface area contributed by atoms with Crippen LogP contribution in [0.25, 0.3) is 0 Å². The first-order valence-electron chi connectivity index (χ1n) is 8.37. The minimum absolute atomic E-state index is 0.0368. The van der Waals surface area contributed by atoms with Gasteiger partial charge in [-0.1, -0.05) is 0 Å². The molecule has 25 heavy (non-hydrogen) atoms. The topological polar surface area (TPSA) is 102 Å².